The first-order valence-electron chi connectivity index (χ1n) is 6.97. The Morgan fingerprint density at radius 1 is 0.818 bits per heavy atom. The van der Waals surface area contributed by atoms with Crippen molar-refractivity contribution in [1.82, 2.24) is 4.98 Å². The molecule has 22 heavy (non-hydrogen) atoms. The maximum Gasteiger partial charge on any atom is 0.162 e. The van der Waals surface area contributed by atoms with Crippen molar-refractivity contribution in [3.8, 4) is 23.0 Å². The molecule has 0 bridgehead atoms. The zero-order valence-electron chi connectivity index (χ0n) is 12.8. The lowest BCUT2D eigenvalue weighted by atomic mass is 10.1. The minimum absolute atomic E-state index is 0.649. The number of aromatic nitrogens is 1. The molecule has 4 nitrogen and oxygen atoms in total. The van der Waals surface area contributed by atoms with Crippen molar-refractivity contribution in [3.63, 3.8) is 0 Å². The predicted octanol–water partition coefficient (Wildman–Crippen LogP) is 4.35. The average molecular weight is 295 g/mol. The first-order chi connectivity index (χ1) is 10.7. The topological polar surface area (TPSA) is 40.6 Å². The number of hydrogen-bond donors (Lipinski definition) is 0. The number of para-hydroxylation sites is 1. The standard InChI is InChI=1S/C18H17NO3/c1-12-6-4-5-7-15(12)22-16-8-9-19-14-11-18(21-3)17(20-2)10-13(14)16/h4-11H,1-3H3. The van der Waals surface area contributed by atoms with E-state index in [0.717, 1.165) is 28.0 Å². The number of aryl methyl sites for hydroxylation is 1. The Balaban J connectivity index is 2.12. The lowest BCUT2D eigenvalue weighted by Gasteiger charge is -2.13. The Kier molecular flexibility index (Phi) is 3.83. The van der Waals surface area contributed by atoms with Crippen LogP contribution >= 0.6 is 0 Å². The van der Waals surface area contributed by atoms with Gasteiger partial charge in [-0.15, -0.1) is 0 Å². The van der Waals surface area contributed by atoms with Gasteiger partial charge >= 0.3 is 0 Å². The van der Waals surface area contributed by atoms with E-state index in [1.54, 1.807) is 20.4 Å². The fourth-order valence-corrected chi connectivity index (χ4v) is 2.33. The highest BCUT2D eigenvalue weighted by molar-refractivity contribution is 5.88. The summed E-state index contributed by atoms with van der Waals surface area (Å²) in [5.74, 6) is 2.86. The number of pyridine rings is 1. The normalized spacial score (nSPS) is 10.5. The molecule has 0 spiro atoms. The van der Waals surface area contributed by atoms with E-state index in [1.165, 1.54) is 0 Å². The maximum atomic E-state index is 6.06. The van der Waals surface area contributed by atoms with E-state index in [9.17, 15) is 0 Å². The molecule has 3 aromatic rings. The monoisotopic (exact) mass is 295 g/mol. The highest BCUT2D eigenvalue weighted by atomic mass is 16.5. The van der Waals surface area contributed by atoms with Crippen molar-refractivity contribution in [2.24, 2.45) is 0 Å². The summed E-state index contributed by atoms with van der Waals surface area (Å²) in [6, 6.07) is 13.5. The van der Waals surface area contributed by atoms with Gasteiger partial charge in [0.15, 0.2) is 11.5 Å². The molecular formula is C18H17NO3. The van der Waals surface area contributed by atoms with Crippen LogP contribution < -0.4 is 14.2 Å². The van der Waals surface area contributed by atoms with Crippen LogP contribution in [0.25, 0.3) is 10.9 Å². The van der Waals surface area contributed by atoms with E-state index < -0.39 is 0 Å². The molecule has 0 saturated carbocycles. The van der Waals surface area contributed by atoms with Crippen molar-refractivity contribution in [2.75, 3.05) is 14.2 Å². The summed E-state index contributed by atoms with van der Waals surface area (Å²) in [4.78, 5) is 4.37. The van der Waals surface area contributed by atoms with Crippen LogP contribution in [0.3, 0.4) is 0 Å². The van der Waals surface area contributed by atoms with Crippen molar-refractivity contribution >= 4 is 10.9 Å². The smallest absolute Gasteiger partial charge is 0.162 e. The minimum Gasteiger partial charge on any atom is -0.493 e. The molecule has 0 unspecified atom stereocenters. The number of fused-ring (bicyclic) bond motifs is 1. The van der Waals surface area contributed by atoms with Crippen molar-refractivity contribution < 1.29 is 14.2 Å². The van der Waals surface area contributed by atoms with E-state index in [4.69, 9.17) is 14.2 Å². The molecule has 4 heteroatoms. The largest absolute Gasteiger partial charge is 0.493 e. The minimum atomic E-state index is 0.649. The number of rotatable bonds is 4. The molecule has 0 atom stereocenters. The lowest BCUT2D eigenvalue weighted by molar-refractivity contribution is 0.355. The van der Waals surface area contributed by atoms with E-state index in [0.29, 0.717) is 11.5 Å². The van der Waals surface area contributed by atoms with E-state index >= 15 is 0 Å². The first-order valence-corrected chi connectivity index (χ1v) is 6.97. The molecule has 0 radical (unpaired) electrons. The SMILES string of the molecule is COc1cc2nccc(Oc3ccccc3C)c2cc1OC. The molecule has 0 aliphatic heterocycles. The van der Waals surface area contributed by atoms with Crippen LogP contribution in [0, 0.1) is 6.92 Å². The summed E-state index contributed by atoms with van der Waals surface area (Å²) >= 11 is 0. The molecule has 112 valence electrons. The van der Waals surface area contributed by atoms with Gasteiger partial charge in [0.25, 0.3) is 0 Å². The summed E-state index contributed by atoms with van der Waals surface area (Å²) in [7, 11) is 3.22. The van der Waals surface area contributed by atoms with Gasteiger partial charge in [0.2, 0.25) is 0 Å². The third kappa shape index (κ3) is 2.55. The Bertz CT molecular complexity index is 815. The molecule has 3 rings (SSSR count). The summed E-state index contributed by atoms with van der Waals surface area (Å²) in [5, 5.41) is 0.878. The number of methoxy groups -OCH3 is 2. The number of ether oxygens (including phenoxy) is 3. The zero-order valence-corrected chi connectivity index (χ0v) is 12.8. The fourth-order valence-electron chi connectivity index (χ4n) is 2.33. The molecule has 0 aliphatic rings. The molecule has 0 amide bonds. The van der Waals surface area contributed by atoms with E-state index in [2.05, 4.69) is 4.98 Å². The van der Waals surface area contributed by atoms with Crippen LogP contribution in [0.15, 0.2) is 48.7 Å². The van der Waals surface area contributed by atoms with Crippen LogP contribution in [0.4, 0.5) is 0 Å². The average Bonchev–Trinajstić information content (AvgIpc) is 2.56. The van der Waals surface area contributed by atoms with Crippen LogP contribution in [-0.4, -0.2) is 19.2 Å². The van der Waals surface area contributed by atoms with Gasteiger partial charge in [-0.05, 0) is 30.7 Å². The van der Waals surface area contributed by atoms with Gasteiger partial charge in [-0.25, -0.2) is 0 Å². The molecule has 0 N–H and O–H groups in total. The Hall–Kier alpha value is -2.75. The lowest BCUT2D eigenvalue weighted by Crippen LogP contribution is -1.94. The van der Waals surface area contributed by atoms with E-state index in [-0.39, 0.29) is 0 Å². The Morgan fingerprint density at radius 2 is 1.55 bits per heavy atom. The molecule has 0 aliphatic carbocycles. The van der Waals surface area contributed by atoms with Crippen molar-refractivity contribution in [1.29, 1.82) is 0 Å². The van der Waals surface area contributed by atoms with Crippen LogP contribution in [0.1, 0.15) is 5.56 Å². The number of benzene rings is 2. The fraction of sp³-hybridized carbons (Fsp3) is 0.167. The van der Waals surface area contributed by atoms with Crippen molar-refractivity contribution in [3.05, 3.63) is 54.2 Å². The molecular weight excluding hydrogens is 278 g/mol. The first kappa shape index (κ1) is 14.2. The Labute approximate surface area is 129 Å². The molecule has 2 aromatic carbocycles. The molecule has 0 fully saturated rings. The van der Waals surface area contributed by atoms with E-state index in [1.807, 2.05) is 49.4 Å². The highest BCUT2D eigenvalue weighted by Gasteiger charge is 2.11. The third-order valence-corrected chi connectivity index (χ3v) is 3.52. The molecule has 0 saturated heterocycles. The second-order valence-electron chi connectivity index (χ2n) is 4.90. The quantitative estimate of drug-likeness (QED) is 0.717. The predicted molar refractivity (Wildman–Crippen MR) is 86.1 cm³/mol. The second kappa shape index (κ2) is 5.93. The van der Waals surface area contributed by atoms with Gasteiger partial charge in [-0.1, -0.05) is 18.2 Å². The Morgan fingerprint density at radius 3 is 2.27 bits per heavy atom. The van der Waals surface area contributed by atoms with Crippen LogP contribution in [0.2, 0.25) is 0 Å². The summed E-state index contributed by atoms with van der Waals surface area (Å²) < 4.78 is 16.7. The van der Waals surface area contributed by atoms with Gasteiger partial charge < -0.3 is 14.2 Å². The summed E-state index contributed by atoms with van der Waals surface area (Å²) in [6.45, 7) is 2.02. The molecule has 1 aromatic heterocycles. The van der Waals surface area contributed by atoms with Gasteiger partial charge in [-0.3, -0.25) is 4.98 Å². The van der Waals surface area contributed by atoms with Crippen molar-refractivity contribution in [2.45, 2.75) is 6.92 Å². The van der Waals surface area contributed by atoms with Crippen LogP contribution in [0.5, 0.6) is 23.0 Å². The summed E-state index contributed by atoms with van der Waals surface area (Å²) in [5.41, 5.74) is 1.87. The van der Waals surface area contributed by atoms with Gasteiger partial charge in [0.05, 0.1) is 19.7 Å². The third-order valence-electron chi connectivity index (χ3n) is 3.52. The highest BCUT2D eigenvalue weighted by Crippen LogP contribution is 2.37. The molecule has 1 heterocycles. The zero-order chi connectivity index (χ0) is 15.5. The van der Waals surface area contributed by atoms with Gasteiger partial charge in [-0.2, -0.15) is 0 Å². The van der Waals surface area contributed by atoms with Crippen LogP contribution in [-0.2, 0) is 0 Å². The maximum absolute atomic E-state index is 6.06. The second-order valence-corrected chi connectivity index (χ2v) is 4.90. The number of nitrogens with zero attached hydrogens (tertiary/aromatic N) is 1. The number of hydrogen-bond acceptors (Lipinski definition) is 4. The van der Waals surface area contributed by atoms with Gasteiger partial charge in [0, 0.05) is 17.6 Å². The summed E-state index contributed by atoms with van der Waals surface area (Å²) in [6.07, 6.45) is 1.72. The van der Waals surface area contributed by atoms with Gasteiger partial charge in [0.1, 0.15) is 11.5 Å².